The van der Waals surface area contributed by atoms with Crippen molar-refractivity contribution in [3.63, 3.8) is 0 Å². The molecule has 0 saturated heterocycles. The largest absolute Gasteiger partial charge is 0.467 e. The van der Waals surface area contributed by atoms with E-state index < -0.39 is 0 Å². The molecule has 1 rings (SSSR count). The first-order valence-electron chi connectivity index (χ1n) is 5.43. The van der Waals surface area contributed by atoms with Crippen molar-refractivity contribution in [1.29, 1.82) is 0 Å². The highest BCUT2D eigenvalue weighted by Crippen LogP contribution is 2.25. The van der Waals surface area contributed by atoms with Crippen molar-refractivity contribution in [2.45, 2.75) is 6.92 Å². The zero-order chi connectivity index (χ0) is 13.4. The third-order valence-corrected chi connectivity index (χ3v) is 2.49. The molecule has 0 radical (unpaired) electrons. The highest BCUT2D eigenvalue weighted by Gasteiger charge is 2.03. The van der Waals surface area contributed by atoms with Crippen LogP contribution < -0.4 is 4.74 Å². The summed E-state index contributed by atoms with van der Waals surface area (Å²) in [6, 6.07) is 5.51. The van der Waals surface area contributed by atoms with E-state index in [2.05, 4.69) is 15.9 Å². The van der Waals surface area contributed by atoms with Gasteiger partial charge in [0.05, 0.1) is 6.61 Å². The molecule has 0 heterocycles. The van der Waals surface area contributed by atoms with Crippen molar-refractivity contribution >= 4 is 28.0 Å². The van der Waals surface area contributed by atoms with Crippen LogP contribution in [0.25, 0.3) is 6.08 Å². The Morgan fingerprint density at radius 3 is 2.89 bits per heavy atom. The number of hydrogen-bond donors (Lipinski definition) is 0. The van der Waals surface area contributed by atoms with Crippen molar-refractivity contribution < 1.29 is 19.0 Å². The molecule has 0 fully saturated rings. The van der Waals surface area contributed by atoms with Crippen LogP contribution in [0, 0.1) is 0 Å². The summed E-state index contributed by atoms with van der Waals surface area (Å²) in [6.45, 7) is 2.27. The number of carbonyl (C=O) groups excluding carboxylic acids is 1. The first-order chi connectivity index (χ1) is 8.67. The van der Waals surface area contributed by atoms with Gasteiger partial charge in [0.15, 0.2) is 6.79 Å². The number of hydrogen-bond acceptors (Lipinski definition) is 4. The van der Waals surface area contributed by atoms with Crippen LogP contribution in [-0.2, 0) is 14.3 Å². The SMILES string of the molecule is CCOC(=O)/C=C/c1ccc(Br)cc1OCOC. The Morgan fingerprint density at radius 1 is 1.44 bits per heavy atom. The molecule has 18 heavy (non-hydrogen) atoms. The van der Waals surface area contributed by atoms with E-state index in [0.29, 0.717) is 12.4 Å². The Balaban J connectivity index is 2.83. The number of rotatable bonds is 6. The number of benzene rings is 1. The standard InChI is InChI=1S/C13H15BrO4/c1-3-17-13(15)7-5-10-4-6-11(14)8-12(10)18-9-16-2/h4-8H,3,9H2,1-2H3/b7-5+. The van der Waals surface area contributed by atoms with E-state index in [1.807, 2.05) is 18.2 Å². The highest BCUT2D eigenvalue weighted by molar-refractivity contribution is 9.10. The molecule has 1 aromatic rings. The minimum Gasteiger partial charge on any atom is -0.467 e. The Morgan fingerprint density at radius 2 is 2.22 bits per heavy atom. The second-order valence-electron chi connectivity index (χ2n) is 3.32. The van der Waals surface area contributed by atoms with Crippen LogP contribution in [0.1, 0.15) is 12.5 Å². The number of esters is 1. The van der Waals surface area contributed by atoms with Crippen LogP contribution in [0.2, 0.25) is 0 Å². The van der Waals surface area contributed by atoms with E-state index in [0.717, 1.165) is 10.0 Å². The van der Waals surface area contributed by atoms with Crippen LogP contribution in [0.3, 0.4) is 0 Å². The molecule has 0 aliphatic heterocycles. The van der Waals surface area contributed by atoms with E-state index in [4.69, 9.17) is 14.2 Å². The topological polar surface area (TPSA) is 44.8 Å². The first kappa shape index (κ1) is 14.7. The zero-order valence-electron chi connectivity index (χ0n) is 10.3. The van der Waals surface area contributed by atoms with E-state index in [1.54, 1.807) is 20.1 Å². The maximum Gasteiger partial charge on any atom is 0.330 e. The number of carbonyl (C=O) groups is 1. The molecule has 5 heteroatoms. The summed E-state index contributed by atoms with van der Waals surface area (Å²) in [5.74, 6) is 0.255. The van der Waals surface area contributed by atoms with Crippen molar-refractivity contribution in [3.05, 3.63) is 34.3 Å². The molecule has 0 atom stereocenters. The van der Waals surface area contributed by atoms with E-state index >= 15 is 0 Å². The summed E-state index contributed by atoms with van der Waals surface area (Å²) in [6.07, 6.45) is 3.02. The van der Waals surface area contributed by atoms with E-state index in [-0.39, 0.29) is 12.8 Å². The normalized spacial score (nSPS) is 10.6. The summed E-state index contributed by atoms with van der Waals surface area (Å²) in [4.78, 5) is 11.2. The fourth-order valence-electron chi connectivity index (χ4n) is 1.24. The van der Waals surface area contributed by atoms with Gasteiger partial charge >= 0.3 is 5.97 Å². The van der Waals surface area contributed by atoms with Crippen LogP contribution in [0.15, 0.2) is 28.7 Å². The molecule has 0 N–H and O–H groups in total. The van der Waals surface area contributed by atoms with Gasteiger partial charge < -0.3 is 14.2 Å². The van der Waals surface area contributed by atoms with Gasteiger partial charge in [-0.05, 0) is 25.1 Å². The molecule has 4 nitrogen and oxygen atoms in total. The predicted octanol–water partition coefficient (Wildman–Crippen LogP) is 3.01. The van der Waals surface area contributed by atoms with Crippen LogP contribution in [0.4, 0.5) is 0 Å². The maximum absolute atomic E-state index is 11.2. The summed E-state index contributed by atoms with van der Waals surface area (Å²) in [7, 11) is 1.55. The molecule has 0 aliphatic carbocycles. The third-order valence-electron chi connectivity index (χ3n) is 1.99. The summed E-state index contributed by atoms with van der Waals surface area (Å²) < 4.78 is 16.0. The smallest absolute Gasteiger partial charge is 0.330 e. The molecule has 0 aromatic heterocycles. The molecule has 0 amide bonds. The molecular weight excluding hydrogens is 300 g/mol. The average molecular weight is 315 g/mol. The monoisotopic (exact) mass is 314 g/mol. The van der Waals surface area contributed by atoms with Gasteiger partial charge in [-0.1, -0.05) is 22.0 Å². The zero-order valence-corrected chi connectivity index (χ0v) is 11.9. The third kappa shape index (κ3) is 4.89. The molecule has 0 saturated carbocycles. The van der Waals surface area contributed by atoms with Crippen molar-refractivity contribution in [3.8, 4) is 5.75 Å². The van der Waals surface area contributed by atoms with Gasteiger partial charge in [-0.3, -0.25) is 0 Å². The summed E-state index contributed by atoms with van der Waals surface area (Å²) >= 11 is 3.36. The van der Waals surface area contributed by atoms with Crippen LogP contribution >= 0.6 is 15.9 Å². The average Bonchev–Trinajstić information content (AvgIpc) is 2.35. The van der Waals surface area contributed by atoms with E-state index in [1.165, 1.54) is 6.08 Å². The molecule has 1 aromatic carbocycles. The van der Waals surface area contributed by atoms with Crippen LogP contribution in [-0.4, -0.2) is 26.5 Å². The van der Waals surface area contributed by atoms with Gasteiger partial charge in [0, 0.05) is 23.2 Å². The fraction of sp³-hybridized carbons (Fsp3) is 0.308. The lowest BCUT2D eigenvalue weighted by molar-refractivity contribution is -0.137. The van der Waals surface area contributed by atoms with Gasteiger partial charge in [-0.2, -0.15) is 0 Å². The molecule has 0 unspecified atom stereocenters. The van der Waals surface area contributed by atoms with Gasteiger partial charge in [0.1, 0.15) is 5.75 Å². The molecule has 0 aliphatic rings. The second-order valence-corrected chi connectivity index (χ2v) is 4.23. The predicted molar refractivity (Wildman–Crippen MR) is 72.3 cm³/mol. The lowest BCUT2D eigenvalue weighted by Gasteiger charge is -2.08. The number of halogens is 1. The van der Waals surface area contributed by atoms with Gasteiger partial charge in [-0.15, -0.1) is 0 Å². The highest BCUT2D eigenvalue weighted by atomic mass is 79.9. The number of methoxy groups -OCH3 is 1. The van der Waals surface area contributed by atoms with Crippen LogP contribution in [0.5, 0.6) is 5.75 Å². The van der Waals surface area contributed by atoms with E-state index in [9.17, 15) is 4.79 Å². The minimum atomic E-state index is -0.377. The van der Waals surface area contributed by atoms with Crippen molar-refractivity contribution in [2.75, 3.05) is 20.5 Å². The fourth-order valence-corrected chi connectivity index (χ4v) is 1.58. The molecule has 98 valence electrons. The van der Waals surface area contributed by atoms with Crippen molar-refractivity contribution in [2.24, 2.45) is 0 Å². The van der Waals surface area contributed by atoms with Gasteiger partial charge in [0.2, 0.25) is 0 Å². The quantitative estimate of drug-likeness (QED) is 0.460. The Bertz CT molecular complexity index is 429. The molecule has 0 spiro atoms. The lowest BCUT2D eigenvalue weighted by Crippen LogP contribution is -2.01. The first-order valence-corrected chi connectivity index (χ1v) is 6.22. The second kappa shape index (κ2) is 7.89. The Hall–Kier alpha value is -1.33. The Labute approximate surface area is 115 Å². The van der Waals surface area contributed by atoms with Gasteiger partial charge in [-0.25, -0.2) is 4.79 Å². The minimum absolute atomic E-state index is 0.150. The lowest BCUT2D eigenvalue weighted by atomic mass is 10.2. The molecule has 0 bridgehead atoms. The Kier molecular flexibility index (Phi) is 6.46. The summed E-state index contributed by atoms with van der Waals surface area (Å²) in [5, 5.41) is 0. The van der Waals surface area contributed by atoms with Crippen molar-refractivity contribution in [1.82, 2.24) is 0 Å². The maximum atomic E-state index is 11.2. The van der Waals surface area contributed by atoms with Gasteiger partial charge in [0.25, 0.3) is 0 Å². The summed E-state index contributed by atoms with van der Waals surface area (Å²) in [5.41, 5.74) is 0.781. The molecular formula is C13H15BrO4. The number of ether oxygens (including phenoxy) is 3.